The van der Waals surface area contributed by atoms with Crippen molar-refractivity contribution in [3.63, 3.8) is 0 Å². The molecule has 0 saturated heterocycles. The van der Waals surface area contributed by atoms with Gasteiger partial charge in [0.2, 0.25) is 0 Å². The molecule has 9 heteroatoms. The Balaban J connectivity index is 1.06. The zero-order chi connectivity index (χ0) is 22.3. The molecule has 0 aliphatic carbocycles. The van der Waals surface area contributed by atoms with Gasteiger partial charge in [-0.1, -0.05) is 45.8 Å². The van der Waals surface area contributed by atoms with Crippen LogP contribution in [0.5, 0.6) is 0 Å². The van der Waals surface area contributed by atoms with Crippen LogP contribution in [-0.4, -0.2) is 22.1 Å². The molecule has 0 N–H and O–H groups in total. The van der Waals surface area contributed by atoms with Crippen LogP contribution in [0.1, 0.15) is 22.8 Å². The molecule has 5 rings (SSSR count). The lowest BCUT2D eigenvalue weighted by Crippen LogP contribution is -1.97. The van der Waals surface area contributed by atoms with Crippen LogP contribution >= 0.6 is 0 Å². The van der Waals surface area contributed by atoms with E-state index < -0.39 is 0 Å². The van der Waals surface area contributed by atoms with Crippen LogP contribution in [0.25, 0.3) is 22.8 Å². The highest BCUT2D eigenvalue weighted by Crippen LogP contribution is 2.21. The molecule has 0 atom stereocenters. The number of ether oxygens (including phenoxy) is 2. The number of rotatable bonds is 11. The summed E-state index contributed by atoms with van der Waals surface area (Å²) in [4.78, 5) is 0. The Morgan fingerprint density at radius 3 is 2.03 bits per heavy atom. The predicted molar refractivity (Wildman–Crippen MR) is 115 cm³/mol. The third-order valence-corrected chi connectivity index (χ3v) is 4.81. The topological polar surface area (TPSA) is 110 Å². The van der Waals surface area contributed by atoms with E-state index in [-0.39, 0.29) is 6.61 Å². The molecular weight excluding hydrogens is 426 g/mol. The summed E-state index contributed by atoms with van der Waals surface area (Å²) in [6.45, 7) is 1.53. The van der Waals surface area contributed by atoms with E-state index in [4.69, 9.17) is 27.5 Å². The summed E-state index contributed by atoms with van der Waals surface area (Å²) in [6.07, 6.45) is 2.17. The maximum atomic E-state index is 5.67. The third-order valence-electron chi connectivity index (χ3n) is 4.81. The summed E-state index contributed by atoms with van der Waals surface area (Å²) in [6, 6.07) is 19.0. The van der Waals surface area contributed by atoms with Crippen molar-refractivity contribution in [2.45, 2.75) is 26.2 Å². The summed E-state index contributed by atoms with van der Waals surface area (Å²) in [5, 5.41) is 12.1. The van der Waals surface area contributed by atoms with E-state index in [1.54, 1.807) is 24.5 Å². The molecule has 4 heterocycles. The molecule has 1 aromatic carbocycles. The van der Waals surface area contributed by atoms with Gasteiger partial charge >= 0.3 is 0 Å². The lowest BCUT2D eigenvalue weighted by atomic mass is 10.2. The van der Waals surface area contributed by atoms with Gasteiger partial charge in [-0.2, -0.15) is 0 Å². The second kappa shape index (κ2) is 10.1. The number of hydrogen-bond acceptors (Lipinski definition) is 9. The van der Waals surface area contributed by atoms with E-state index in [0.29, 0.717) is 66.4 Å². The number of nitrogens with zero attached hydrogens (tertiary/aromatic N) is 3. The average Bonchev–Trinajstić information content (AvgIpc) is 3.64. The summed E-state index contributed by atoms with van der Waals surface area (Å²) in [5.41, 5.74) is 2.91. The Morgan fingerprint density at radius 2 is 1.30 bits per heavy atom. The molecule has 0 spiro atoms. The van der Waals surface area contributed by atoms with Crippen molar-refractivity contribution in [3.8, 4) is 22.8 Å². The van der Waals surface area contributed by atoms with Crippen LogP contribution in [0.15, 0.2) is 84.9 Å². The predicted octanol–water partition coefficient (Wildman–Crippen LogP) is 5.05. The van der Waals surface area contributed by atoms with Crippen molar-refractivity contribution < 1.29 is 27.5 Å². The fourth-order valence-electron chi connectivity index (χ4n) is 3.16. The molecule has 0 amide bonds. The van der Waals surface area contributed by atoms with Gasteiger partial charge < -0.3 is 27.5 Å². The first-order valence-electron chi connectivity index (χ1n) is 10.4. The van der Waals surface area contributed by atoms with Crippen molar-refractivity contribution in [1.29, 1.82) is 0 Å². The van der Waals surface area contributed by atoms with Gasteiger partial charge in [0.05, 0.1) is 19.5 Å². The van der Waals surface area contributed by atoms with Gasteiger partial charge in [-0.15, -0.1) is 0 Å². The minimum absolute atomic E-state index is 0.275. The van der Waals surface area contributed by atoms with E-state index in [9.17, 15) is 0 Å². The SMILES string of the molecule is c1ccc(COCc2cc(-c3cc(COCCc4cc(-c5ccco5)no4)on3)no2)cc1. The van der Waals surface area contributed by atoms with Gasteiger partial charge in [-0.3, -0.25) is 0 Å². The van der Waals surface area contributed by atoms with Crippen molar-refractivity contribution in [2.75, 3.05) is 6.61 Å². The second-order valence-corrected chi connectivity index (χ2v) is 7.29. The van der Waals surface area contributed by atoms with Gasteiger partial charge in [-0.25, -0.2) is 0 Å². The van der Waals surface area contributed by atoms with E-state index in [1.165, 1.54) is 0 Å². The first-order chi connectivity index (χ1) is 16.3. The normalized spacial score (nSPS) is 11.3. The number of aromatic nitrogens is 3. The molecule has 0 aliphatic heterocycles. The van der Waals surface area contributed by atoms with Gasteiger partial charge in [-0.05, 0) is 17.7 Å². The number of benzene rings is 1. The first kappa shape index (κ1) is 20.9. The molecule has 0 unspecified atom stereocenters. The van der Waals surface area contributed by atoms with Gasteiger partial charge in [0.15, 0.2) is 17.3 Å². The number of furan rings is 1. The van der Waals surface area contributed by atoms with Crippen LogP contribution in [-0.2, 0) is 35.7 Å². The zero-order valence-corrected chi connectivity index (χ0v) is 17.7. The minimum Gasteiger partial charge on any atom is -0.463 e. The monoisotopic (exact) mass is 447 g/mol. The Hall–Kier alpha value is -3.95. The minimum atomic E-state index is 0.275. The maximum Gasteiger partial charge on any atom is 0.163 e. The molecular formula is C24H21N3O6. The molecule has 168 valence electrons. The van der Waals surface area contributed by atoms with Crippen LogP contribution in [0, 0.1) is 0 Å². The molecule has 0 radical (unpaired) electrons. The molecule has 9 nitrogen and oxygen atoms in total. The van der Waals surface area contributed by atoms with E-state index in [2.05, 4.69) is 15.5 Å². The fraction of sp³-hybridized carbons (Fsp3) is 0.208. The highest BCUT2D eigenvalue weighted by molar-refractivity contribution is 5.53. The molecule has 5 aromatic rings. The molecule has 0 fully saturated rings. The summed E-state index contributed by atoms with van der Waals surface area (Å²) in [7, 11) is 0. The van der Waals surface area contributed by atoms with Gasteiger partial charge in [0.1, 0.15) is 36.1 Å². The van der Waals surface area contributed by atoms with Crippen molar-refractivity contribution in [1.82, 2.24) is 15.5 Å². The lowest BCUT2D eigenvalue weighted by molar-refractivity contribution is 0.0884. The fourth-order valence-corrected chi connectivity index (χ4v) is 3.16. The van der Waals surface area contributed by atoms with Crippen molar-refractivity contribution in [2.24, 2.45) is 0 Å². The third kappa shape index (κ3) is 5.46. The van der Waals surface area contributed by atoms with Crippen LogP contribution < -0.4 is 0 Å². The highest BCUT2D eigenvalue weighted by atomic mass is 16.5. The Kier molecular flexibility index (Phi) is 6.41. The van der Waals surface area contributed by atoms with E-state index in [1.807, 2.05) is 42.5 Å². The standard InChI is InChI=1S/C24H21N3O6/c1-2-5-17(6-3-1)14-29-16-20-13-22(26-33-20)21-12-19(32-25-21)15-28-10-8-18-11-23(27-31-18)24-7-4-9-30-24/h1-7,9,11-13H,8,10,14-16H2. The molecule has 4 aromatic heterocycles. The first-order valence-corrected chi connectivity index (χ1v) is 10.4. The number of hydrogen-bond donors (Lipinski definition) is 0. The Labute approximate surface area is 188 Å². The van der Waals surface area contributed by atoms with Crippen molar-refractivity contribution in [3.05, 3.63) is 89.8 Å². The largest absolute Gasteiger partial charge is 0.463 e. The van der Waals surface area contributed by atoms with Crippen LogP contribution in [0.3, 0.4) is 0 Å². The summed E-state index contributed by atoms with van der Waals surface area (Å²) >= 11 is 0. The maximum absolute atomic E-state index is 5.67. The zero-order valence-electron chi connectivity index (χ0n) is 17.7. The smallest absolute Gasteiger partial charge is 0.163 e. The molecule has 0 bridgehead atoms. The lowest BCUT2D eigenvalue weighted by Gasteiger charge is -2.00. The Morgan fingerprint density at radius 1 is 0.636 bits per heavy atom. The van der Waals surface area contributed by atoms with Crippen LogP contribution in [0.4, 0.5) is 0 Å². The van der Waals surface area contributed by atoms with Crippen molar-refractivity contribution >= 4 is 0 Å². The van der Waals surface area contributed by atoms with Crippen LogP contribution in [0.2, 0.25) is 0 Å². The van der Waals surface area contributed by atoms with Gasteiger partial charge in [0, 0.05) is 24.6 Å². The molecule has 0 saturated carbocycles. The molecule has 0 aliphatic rings. The average molecular weight is 447 g/mol. The summed E-state index contributed by atoms with van der Waals surface area (Å²) < 4.78 is 32.6. The second-order valence-electron chi connectivity index (χ2n) is 7.29. The highest BCUT2D eigenvalue weighted by Gasteiger charge is 2.13. The Bertz CT molecular complexity index is 1260. The molecule has 33 heavy (non-hydrogen) atoms. The quantitative estimate of drug-likeness (QED) is 0.257. The van der Waals surface area contributed by atoms with E-state index >= 15 is 0 Å². The summed E-state index contributed by atoms with van der Waals surface area (Å²) in [5.74, 6) is 2.58. The van der Waals surface area contributed by atoms with E-state index in [0.717, 1.165) is 5.56 Å². The van der Waals surface area contributed by atoms with Gasteiger partial charge in [0.25, 0.3) is 0 Å².